The number of rotatable bonds is 6. The highest BCUT2D eigenvalue weighted by atomic mass is 19.3. The van der Waals surface area contributed by atoms with Crippen LogP contribution in [0.3, 0.4) is 0 Å². The maximum Gasteiger partial charge on any atom is 0.303 e. The largest absolute Gasteiger partial charge is 0.481 e. The monoisotopic (exact) mass is 341 g/mol. The van der Waals surface area contributed by atoms with Gasteiger partial charge in [-0.1, -0.05) is 0 Å². The number of hydrogen-bond donors (Lipinski definition) is 1. The van der Waals surface area contributed by atoms with Crippen molar-refractivity contribution in [1.82, 2.24) is 14.7 Å². The lowest BCUT2D eigenvalue weighted by Crippen LogP contribution is -2.30. The normalized spacial score (nSPS) is 24.7. The lowest BCUT2D eigenvalue weighted by atomic mass is 9.93. The average molecular weight is 341 g/mol. The van der Waals surface area contributed by atoms with E-state index in [4.69, 9.17) is 5.11 Å². The van der Waals surface area contributed by atoms with Gasteiger partial charge in [0.15, 0.2) is 0 Å². The van der Waals surface area contributed by atoms with Gasteiger partial charge in [-0.05, 0) is 32.7 Å². The second-order valence-electron chi connectivity index (χ2n) is 7.04. The van der Waals surface area contributed by atoms with Crippen LogP contribution in [-0.2, 0) is 17.9 Å². The topological polar surface area (TPSA) is 58.4 Å². The van der Waals surface area contributed by atoms with E-state index in [0.717, 1.165) is 30.6 Å². The molecule has 134 valence electrons. The summed E-state index contributed by atoms with van der Waals surface area (Å²) in [5.74, 6) is -4.59. The molecule has 2 fully saturated rings. The molecule has 1 saturated carbocycles. The number of halogens is 2. The van der Waals surface area contributed by atoms with Gasteiger partial charge >= 0.3 is 5.97 Å². The minimum Gasteiger partial charge on any atom is -0.481 e. The van der Waals surface area contributed by atoms with Crippen molar-refractivity contribution in [2.45, 2.75) is 64.0 Å². The maximum atomic E-state index is 14.2. The summed E-state index contributed by atoms with van der Waals surface area (Å²) in [6, 6.07) is 0. The van der Waals surface area contributed by atoms with Crippen molar-refractivity contribution in [3.8, 4) is 0 Å². The van der Waals surface area contributed by atoms with Gasteiger partial charge in [0.1, 0.15) is 0 Å². The number of aromatic nitrogens is 2. The van der Waals surface area contributed by atoms with Gasteiger partial charge in [-0.2, -0.15) is 5.10 Å². The van der Waals surface area contributed by atoms with Crippen LogP contribution >= 0.6 is 0 Å². The van der Waals surface area contributed by atoms with E-state index in [2.05, 4.69) is 5.10 Å². The number of carboxylic acids is 1. The van der Waals surface area contributed by atoms with Crippen molar-refractivity contribution in [1.29, 1.82) is 0 Å². The van der Waals surface area contributed by atoms with Crippen LogP contribution in [0.5, 0.6) is 0 Å². The third-order valence-corrected chi connectivity index (χ3v) is 5.13. The standard InChI is InChI=1S/C17H25F2N3O2/c1-2-22-11-13(16(20-22)12-3-4-12)10-21-7-5-14(9-15(23)24)17(18,19)6-8-21/h11-12,14H,2-10H2,1H3,(H,23,24). The smallest absolute Gasteiger partial charge is 0.303 e. The summed E-state index contributed by atoms with van der Waals surface area (Å²) < 4.78 is 30.3. The van der Waals surface area contributed by atoms with Gasteiger partial charge in [-0.3, -0.25) is 14.4 Å². The highest BCUT2D eigenvalue weighted by Gasteiger charge is 2.42. The molecule has 1 N–H and O–H groups in total. The average Bonchev–Trinajstić information content (AvgIpc) is 3.30. The molecule has 1 aliphatic heterocycles. The van der Waals surface area contributed by atoms with Crippen LogP contribution < -0.4 is 0 Å². The van der Waals surface area contributed by atoms with Crippen LogP contribution in [-0.4, -0.2) is 44.8 Å². The van der Waals surface area contributed by atoms with Crippen LogP contribution in [0.2, 0.25) is 0 Å². The van der Waals surface area contributed by atoms with Gasteiger partial charge < -0.3 is 5.11 Å². The number of carbonyl (C=O) groups is 1. The summed E-state index contributed by atoms with van der Waals surface area (Å²) in [4.78, 5) is 12.9. The SMILES string of the molecule is CCn1cc(CN2CCC(CC(=O)O)C(F)(F)CC2)c(C2CC2)n1. The van der Waals surface area contributed by atoms with E-state index in [1.54, 1.807) is 0 Å². The molecule has 0 amide bonds. The first kappa shape index (κ1) is 17.3. The summed E-state index contributed by atoms with van der Waals surface area (Å²) in [6.45, 7) is 4.27. The first-order chi connectivity index (χ1) is 11.4. The lowest BCUT2D eigenvalue weighted by Gasteiger charge is -2.22. The Hall–Kier alpha value is -1.50. The van der Waals surface area contributed by atoms with Crippen LogP contribution in [0, 0.1) is 5.92 Å². The summed E-state index contributed by atoms with van der Waals surface area (Å²) in [5.41, 5.74) is 2.26. The van der Waals surface area contributed by atoms with Gasteiger partial charge in [-0.15, -0.1) is 0 Å². The van der Waals surface area contributed by atoms with Gasteiger partial charge in [-0.25, -0.2) is 8.78 Å². The van der Waals surface area contributed by atoms with E-state index in [9.17, 15) is 13.6 Å². The van der Waals surface area contributed by atoms with Crippen molar-refractivity contribution >= 4 is 5.97 Å². The maximum absolute atomic E-state index is 14.2. The Balaban J connectivity index is 1.68. The van der Waals surface area contributed by atoms with E-state index in [0.29, 0.717) is 25.6 Å². The number of hydrogen-bond acceptors (Lipinski definition) is 3. The number of likely N-dealkylation sites (tertiary alicyclic amines) is 1. The third-order valence-electron chi connectivity index (χ3n) is 5.13. The molecule has 2 aliphatic rings. The Morgan fingerprint density at radius 3 is 2.75 bits per heavy atom. The summed E-state index contributed by atoms with van der Waals surface area (Å²) >= 11 is 0. The van der Waals surface area contributed by atoms with Crippen LogP contribution in [0.4, 0.5) is 8.78 Å². The molecule has 1 aromatic rings. The Morgan fingerprint density at radius 2 is 2.12 bits per heavy atom. The van der Waals surface area contributed by atoms with Crippen LogP contribution in [0.25, 0.3) is 0 Å². The number of nitrogens with zero attached hydrogens (tertiary/aromatic N) is 3. The Kier molecular flexibility index (Phi) is 4.90. The zero-order valence-corrected chi connectivity index (χ0v) is 14.0. The summed E-state index contributed by atoms with van der Waals surface area (Å²) in [6.07, 6.45) is 3.85. The predicted molar refractivity (Wildman–Crippen MR) is 85.1 cm³/mol. The molecule has 2 heterocycles. The number of alkyl halides is 2. The fraction of sp³-hybridized carbons (Fsp3) is 0.765. The summed E-state index contributed by atoms with van der Waals surface area (Å²) in [5, 5.41) is 13.5. The molecule has 0 bridgehead atoms. The van der Waals surface area contributed by atoms with E-state index < -0.39 is 24.2 Å². The molecule has 0 radical (unpaired) electrons. The molecule has 3 rings (SSSR count). The Labute approximate surface area is 140 Å². The van der Waals surface area contributed by atoms with Gasteiger partial charge in [0, 0.05) is 49.7 Å². The van der Waals surface area contributed by atoms with Crippen molar-refractivity contribution < 1.29 is 18.7 Å². The van der Waals surface area contributed by atoms with Crippen LogP contribution in [0.15, 0.2) is 6.20 Å². The second-order valence-corrected chi connectivity index (χ2v) is 7.04. The lowest BCUT2D eigenvalue weighted by molar-refractivity contribution is -0.143. The molecule has 1 unspecified atom stereocenters. The minimum atomic E-state index is -2.90. The quantitative estimate of drug-likeness (QED) is 0.864. The highest BCUT2D eigenvalue weighted by Crippen LogP contribution is 2.41. The Morgan fingerprint density at radius 1 is 1.38 bits per heavy atom. The molecular weight excluding hydrogens is 316 g/mol. The highest BCUT2D eigenvalue weighted by molar-refractivity contribution is 5.67. The first-order valence-corrected chi connectivity index (χ1v) is 8.77. The molecule has 1 aliphatic carbocycles. The second kappa shape index (κ2) is 6.78. The molecule has 5 nitrogen and oxygen atoms in total. The predicted octanol–water partition coefficient (Wildman–Crippen LogP) is 3.10. The van der Waals surface area contributed by atoms with Gasteiger partial charge in [0.05, 0.1) is 12.1 Å². The molecule has 0 aromatic carbocycles. The molecule has 0 spiro atoms. The summed E-state index contributed by atoms with van der Waals surface area (Å²) in [7, 11) is 0. The molecule has 24 heavy (non-hydrogen) atoms. The van der Waals surface area contributed by atoms with E-state index >= 15 is 0 Å². The Bertz CT molecular complexity index is 599. The zero-order valence-electron chi connectivity index (χ0n) is 14.0. The molecule has 1 aromatic heterocycles. The number of aryl methyl sites for hydroxylation is 1. The minimum absolute atomic E-state index is 0.222. The molecular formula is C17H25F2N3O2. The third kappa shape index (κ3) is 3.94. The zero-order chi connectivity index (χ0) is 17.3. The van der Waals surface area contributed by atoms with Crippen LogP contribution in [0.1, 0.15) is 56.2 Å². The van der Waals surface area contributed by atoms with Gasteiger partial charge in [0.25, 0.3) is 5.92 Å². The fourth-order valence-electron chi connectivity index (χ4n) is 3.50. The van der Waals surface area contributed by atoms with Crippen molar-refractivity contribution in [3.63, 3.8) is 0 Å². The first-order valence-electron chi connectivity index (χ1n) is 8.77. The number of carboxylic acid groups (broad SMARTS) is 1. The fourth-order valence-corrected chi connectivity index (χ4v) is 3.50. The molecule has 7 heteroatoms. The molecule has 1 saturated heterocycles. The van der Waals surface area contributed by atoms with Crippen molar-refractivity contribution in [2.75, 3.05) is 13.1 Å². The van der Waals surface area contributed by atoms with Crippen molar-refractivity contribution in [3.05, 3.63) is 17.5 Å². The van der Waals surface area contributed by atoms with Crippen molar-refractivity contribution in [2.24, 2.45) is 5.92 Å². The van der Waals surface area contributed by atoms with E-state index in [1.165, 1.54) is 0 Å². The molecule has 1 atom stereocenters. The number of aliphatic carboxylic acids is 1. The van der Waals surface area contributed by atoms with E-state index in [-0.39, 0.29) is 12.8 Å². The van der Waals surface area contributed by atoms with Gasteiger partial charge in [0.2, 0.25) is 0 Å². The van der Waals surface area contributed by atoms with E-state index in [1.807, 2.05) is 22.7 Å².